The molecule has 9 heteroatoms. The lowest BCUT2D eigenvalue weighted by Gasteiger charge is -2.25. The van der Waals surface area contributed by atoms with Crippen LogP contribution in [0.4, 0.5) is 5.69 Å². The summed E-state index contributed by atoms with van der Waals surface area (Å²) in [6, 6.07) is 13.9. The van der Waals surface area contributed by atoms with Gasteiger partial charge >= 0.3 is 0 Å². The van der Waals surface area contributed by atoms with Crippen LogP contribution < -0.4 is 4.74 Å². The minimum absolute atomic E-state index is 0.0282. The van der Waals surface area contributed by atoms with Crippen molar-refractivity contribution in [2.24, 2.45) is 4.99 Å². The standard InChI is InChI=1S/C22H20N4O4S/c1-13-12-25-21(20(24-22(25)31-13)16-5-3-4-10-23-16)18-9-8-17(30-18)15-7-6-14(26(27)28)11-19(15)29-2/h3-11,13,20-21H,12H2,1-2H3/t13-,20+,21-/m0/s1. The zero-order valence-electron chi connectivity index (χ0n) is 17.0. The summed E-state index contributed by atoms with van der Waals surface area (Å²) in [5.41, 5.74) is 1.53. The second-order valence-corrected chi connectivity index (χ2v) is 8.89. The molecule has 3 atom stereocenters. The molecule has 0 amide bonds. The van der Waals surface area contributed by atoms with Crippen LogP contribution >= 0.6 is 11.8 Å². The molecule has 1 saturated heterocycles. The molecule has 0 saturated carbocycles. The van der Waals surface area contributed by atoms with Crippen LogP contribution in [-0.4, -0.2) is 38.9 Å². The van der Waals surface area contributed by atoms with E-state index >= 15 is 0 Å². The number of aliphatic imine (C=N–C) groups is 1. The molecule has 0 unspecified atom stereocenters. The monoisotopic (exact) mass is 436 g/mol. The maximum absolute atomic E-state index is 11.1. The molecular formula is C22H20N4O4S. The maximum atomic E-state index is 11.1. The summed E-state index contributed by atoms with van der Waals surface area (Å²) >= 11 is 1.77. The van der Waals surface area contributed by atoms with E-state index < -0.39 is 4.92 Å². The second-order valence-electron chi connectivity index (χ2n) is 7.48. The fourth-order valence-corrected chi connectivity index (χ4v) is 5.17. The van der Waals surface area contributed by atoms with Gasteiger partial charge in [0, 0.05) is 24.1 Å². The zero-order chi connectivity index (χ0) is 21.5. The van der Waals surface area contributed by atoms with Crippen molar-refractivity contribution < 1.29 is 14.1 Å². The fraction of sp³-hybridized carbons (Fsp3) is 0.273. The van der Waals surface area contributed by atoms with Crippen molar-refractivity contribution in [3.63, 3.8) is 0 Å². The van der Waals surface area contributed by atoms with Crippen LogP contribution in [0.1, 0.15) is 30.5 Å². The third kappa shape index (κ3) is 3.44. The van der Waals surface area contributed by atoms with Gasteiger partial charge < -0.3 is 14.1 Å². The zero-order valence-corrected chi connectivity index (χ0v) is 17.8. The molecule has 0 aliphatic carbocycles. The van der Waals surface area contributed by atoms with Gasteiger partial charge in [-0.2, -0.15) is 0 Å². The van der Waals surface area contributed by atoms with Gasteiger partial charge in [0.05, 0.1) is 29.4 Å². The van der Waals surface area contributed by atoms with Gasteiger partial charge in [0.25, 0.3) is 5.69 Å². The summed E-state index contributed by atoms with van der Waals surface area (Å²) in [5, 5.41) is 12.6. The van der Waals surface area contributed by atoms with Crippen LogP contribution in [0, 0.1) is 10.1 Å². The fourth-order valence-electron chi connectivity index (χ4n) is 4.08. The Balaban J connectivity index is 1.53. The van der Waals surface area contributed by atoms with Crippen LogP contribution in [-0.2, 0) is 0 Å². The lowest BCUT2D eigenvalue weighted by molar-refractivity contribution is -0.384. The van der Waals surface area contributed by atoms with Crippen molar-refractivity contribution in [2.75, 3.05) is 13.7 Å². The van der Waals surface area contributed by atoms with Gasteiger partial charge in [-0.3, -0.25) is 15.1 Å². The van der Waals surface area contributed by atoms with Crippen molar-refractivity contribution in [3.05, 3.63) is 76.3 Å². The molecule has 2 aliphatic rings. The molecule has 5 rings (SSSR count). The Morgan fingerprint density at radius 1 is 1.26 bits per heavy atom. The van der Waals surface area contributed by atoms with Gasteiger partial charge in [-0.25, -0.2) is 4.99 Å². The third-order valence-electron chi connectivity index (χ3n) is 5.46. The van der Waals surface area contributed by atoms with E-state index in [9.17, 15) is 10.1 Å². The van der Waals surface area contributed by atoms with E-state index in [1.54, 1.807) is 24.0 Å². The van der Waals surface area contributed by atoms with Gasteiger partial charge in [-0.05, 0) is 30.3 Å². The molecular weight excluding hydrogens is 416 g/mol. The van der Waals surface area contributed by atoms with Gasteiger partial charge in [0.2, 0.25) is 0 Å². The summed E-state index contributed by atoms with van der Waals surface area (Å²) in [5.74, 6) is 1.76. The van der Waals surface area contributed by atoms with Crippen molar-refractivity contribution in [1.82, 2.24) is 9.88 Å². The molecule has 0 bridgehead atoms. The molecule has 158 valence electrons. The highest BCUT2D eigenvalue weighted by Gasteiger charge is 2.45. The van der Waals surface area contributed by atoms with E-state index in [4.69, 9.17) is 14.1 Å². The third-order valence-corrected chi connectivity index (χ3v) is 6.56. The highest BCUT2D eigenvalue weighted by Crippen LogP contribution is 2.48. The number of furan rings is 1. The number of non-ortho nitro benzene ring substituents is 1. The summed E-state index contributed by atoms with van der Waals surface area (Å²) < 4.78 is 11.7. The number of benzene rings is 1. The van der Waals surface area contributed by atoms with Crippen molar-refractivity contribution in [1.29, 1.82) is 0 Å². The predicted octanol–water partition coefficient (Wildman–Crippen LogP) is 4.85. The predicted molar refractivity (Wildman–Crippen MR) is 118 cm³/mol. The molecule has 8 nitrogen and oxygen atoms in total. The molecule has 0 N–H and O–H groups in total. The first-order valence-corrected chi connectivity index (χ1v) is 10.8. The largest absolute Gasteiger partial charge is 0.496 e. The molecule has 3 aromatic rings. The lowest BCUT2D eigenvalue weighted by atomic mass is 10.0. The topological polar surface area (TPSA) is 94.0 Å². The molecule has 1 aromatic carbocycles. The number of pyridine rings is 1. The molecule has 2 aromatic heterocycles. The molecule has 0 spiro atoms. The average Bonchev–Trinajstić information content (AvgIpc) is 3.47. The summed E-state index contributed by atoms with van der Waals surface area (Å²) in [7, 11) is 1.49. The number of hydrogen-bond acceptors (Lipinski definition) is 8. The SMILES string of the molecule is COc1cc([N+](=O)[O-])ccc1-c1ccc([C@H]2[C@@H](c3ccccn3)N=C3S[C@@H](C)CN32)o1. The second kappa shape index (κ2) is 7.73. The highest BCUT2D eigenvalue weighted by atomic mass is 32.2. The molecule has 0 radical (unpaired) electrons. The number of rotatable bonds is 5. The van der Waals surface area contributed by atoms with E-state index in [0.29, 0.717) is 22.3 Å². The number of methoxy groups -OCH3 is 1. The van der Waals surface area contributed by atoms with Crippen molar-refractivity contribution in [2.45, 2.75) is 24.3 Å². The van der Waals surface area contributed by atoms with Gasteiger partial charge in [-0.1, -0.05) is 24.8 Å². The van der Waals surface area contributed by atoms with E-state index in [-0.39, 0.29) is 17.8 Å². The molecule has 1 fully saturated rings. The van der Waals surface area contributed by atoms with Gasteiger partial charge in [0.15, 0.2) is 5.17 Å². The summed E-state index contributed by atoms with van der Waals surface area (Å²) in [6.07, 6.45) is 1.78. The van der Waals surface area contributed by atoms with E-state index in [2.05, 4.69) is 16.8 Å². The smallest absolute Gasteiger partial charge is 0.273 e. The number of nitrogens with zero attached hydrogens (tertiary/aromatic N) is 4. The molecule has 4 heterocycles. The number of thioether (sulfide) groups is 1. The Kier molecular flexibility index (Phi) is 4.90. The Morgan fingerprint density at radius 2 is 2.13 bits per heavy atom. The minimum Gasteiger partial charge on any atom is -0.496 e. The highest BCUT2D eigenvalue weighted by molar-refractivity contribution is 8.14. The number of fused-ring (bicyclic) bond motifs is 1. The van der Waals surface area contributed by atoms with Crippen LogP contribution in [0.3, 0.4) is 0 Å². The number of aromatic nitrogens is 1. The quantitative estimate of drug-likeness (QED) is 0.417. The number of nitro benzene ring substituents is 1. The Morgan fingerprint density at radius 3 is 2.87 bits per heavy atom. The van der Waals surface area contributed by atoms with E-state index in [0.717, 1.165) is 23.2 Å². The Hall–Kier alpha value is -3.33. The van der Waals surface area contributed by atoms with Crippen LogP contribution in [0.2, 0.25) is 0 Å². The number of amidine groups is 1. The van der Waals surface area contributed by atoms with E-state index in [1.807, 2.05) is 30.3 Å². The first-order chi connectivity index (χ1) is 15.0. The normalized spacial score (nSPS) is 22.3. The first kappa shape index (κ1) is 19.6. The van der Waals surface area contributed by atoms with E-state index in [1.165, 1.54) is 19.2 Å². The van der Waals surface area contributed by atoms with Gasteiger partial charge in [-0.15, -0.1) is 0 Å². The van der Waals surface area contributed by atoms with Crippen LogP contribution in [0.5, 0.6) is 5.75 Å². The van der Waals surface area contributed by atoms with Crippen LogP contribution in [0.25, 0.3) is 11.3 Å². The lowest BCUT2D eigenvalue weighted by Crippen LogP contribution is -2.28. The first-order valence-electron chi connectivity index (χ1n) is 9.89. The average molecular weight is 436 g/mol. The number of ether oxygens (including phenoxy) is 1. The number of nitro groups is 1. The molecule has 31 heavy (non-hydrogen) atoms. The minimum atomic E-state index is -0.444. The van der Waals surface area contributed by atoms with Gasteiger partial charge in [0.1, 0.15) is 29.4 Å². The Bertz CT molecular complexity index is 1160. The van der Waals surface area contributed by atoms with Crippen molar-refractivity contribution >= 4 is 22.6 Å². The summed E-state index contributed by atoms with van der Waals surface area (Å²) in [6.45, 7) is 3.07. The number of hydrogen-bond donors (Lipinski definition) is 0. The molecule has 2 aliphatic heterocycles. The maximum Gasteiger partial charge on any atom is 0.273 e. The van der Waals surface area contributed by atoms with Crippen LogP contribution in [0.15, 0.2) is 64.1 Å². The Labute approximate surface area is 183 Å². The van der Waals surface area contributed by atoms with Crippen molar-refractivity contribution in [3.8, 4) is 17.1 Å². The summed E-state index contributed by atoms with van der Waals surface area (Å²) in [4.78, 5) is 22.4.